The van der Waals surface area contributed by atoms with E-state index in [2.05, 4.69) is 0 Å². The van der Waals surface area contributed by atoms with Crippen molar-refractivity contribution in [2.24, 2.45) is 5.73 Å². The predicted molar refractivity (Wildman–Crippen MR) is 65.2 cm³/mol. The van der Waals surface area contributed by atoms with Crippen LogP contribution in [0.2, 0.25) is 0 Å². The Morgan fingerprint density at radius 3 is 2.65 bits per heavy atom. The zero-order valence-electron chi connectivity index (χ0n) is 10.5. The van der Waals surface area contributed by atoms with Gasteiger partial charge in [-0.05, 0) is 12.8 Å². The van der Waals surface area contributed by atoms with Crippen LogP contribution in [-0.2, 0) is 19.5 Å². The van der Waals surface area contributed by atoms with Gasteiger partial charge in [-0.1, -0.05) is 0 Å². The Morgan fingerprint density at radius 2 is 2.12 bits per heavy atom. The van der Waals surface area contributed by atoms with E-state index in [4.69, 9.17) is 15.2 Å². The Labute approximate surface area is 103 Å². The topological polar surface area (TPSA) is 81.9 Å². The first-order chi connectivity index (χ1) is 8.05. The number of ether oxygens (including phenoxy) is 2. The number of hydrogen-bond acceptors (Lipinski definition) is 5. The lowest BCUT2D eigenvalue weighted by Crippen LogP contribution is -2.52. The van der Waals surface area contributed by atoms with E-state index < -0.39 is 10.0 Å². The van der Waals surface area contributed by atoms with Gasteiger partial charge in [0.2, 0.25) is 10.0 Å². The molecule has 7 heteroatoms. The smallest absolute Gasteiger partial charge is 0.216 e. The summed E-state index contributed by atoms with van der Waals surface area (Å²) < 4.78 is 35.7. The van der Waals surface area contributed by atoms with Crippen LogP contribution in [-0.4, -0.2) is 64.5 Å². The van der Waals surface area contributed by atoms with Crippen molar-refractivity contribution >= 4 is 10.0 Å². The summed E-state index contributed by atoms with van der Waals surface area (Å²) in [7, 11) is -0.126. The van der Waals surface area contributed by atoms with Gasteiger partial charge in [0.1, 0.15) is 0 Å². The van der Waals surface area contributed by atoms with Crippen LogP contribution < -0.4 is 5.73 Å². The average Bonchev–Trinajstić information content (AvgIpc) is 2.35. The number of methoxy groups -OCH3 is 2. The van der Waals surface area contributed by atoms with Gasteiger partial charge in [-0.15, -0.1) is 0 Å². The number of nitrogens with two attached hydrogens (primary N) is 1. The molecule has 2 unspecified atom stereocenters. The minimum atomic E-state index is -3.27. The normalized spacial score (nSPS) is 27.2. The van der Waals surface area contributed by atoms with Gasteiger partial charge >= 0.3 is 0 Å². The summed E-state index contributed by atoms with van der Waals surface area (Å²) in [5, 5.41) is 0. The van der Waals surface area contributed by atoms with Crippen LogP contribution in [0.25, 0.3) is 0 Å². The molecule has 1 fully saturated rings. The molecule has 1 heterocycles. The lowest BCUT2D eigenvalue weighted by Gasteiger charge is -2.37. The molecule has 0 aromatic carbocycles. The molecule has 2 N–H and O–H groups in total. The number of rotatable bonds is 6. The van der Waals surface area contributed by atoms with E-state index in [-0.39, 0.29) is 24.5 Å². The molecule has 0 saturated carbocycles. The molecule has 0 aromatic heterocycles. The van der Waals surface area contributed by atoms with E-state index in [1.807, 2.05) is 0 Å². The molecule has 1 rings (SSSR count). The summed E-state index contributed by atoms with van der Waals surface area (Å²) in [6.45, 7) is 1.02. The van der Waals surface area contributed by atoms with E-state index in [1.54, 1.807) is 7.11 Å². The number of piperidine rings is 1. The fourth-order valence-corrected chi connectivity index (χ4v) is 3.71. The Morgan fingerprint density at radius 1 is 1.41 bits per heavy atom. The molecular formula is C10H22N2O4S. The minimum absolute atomic E-state index is 0.0116. The molecule has 0 aromatic rings. The Bertz CT molecular complexity index is 320. The monoisotopic (exact) mass is 266 g/mol. The summed E-state index contributed by atoms with van der Waals surface area (Å²) in [4.78, 5) is 0. The molecular weight excluding hydrogens is 244 g/mol. The van der Waals surface area contributed by atoms with Crippen molar-refractivity contribution in [3.63, 3.8) is 0 Å². The van der Waals surface area contributed by atoms with Crippen molar-refractivity contribution in [2.75, 3.05) is 39.7 Å². The SMILES string of the molecule is COCCS(=O)(=O)N1CCC(OC)CC1CN. The fourth-order valence-electron chi connectivity index (χ4n) is 2.09. The fraction of sp³-hybridized carbons (Fsp3) is 1.00. The van der Waals surface area contributed by atoms with Crippen molar-refractivity contribution in [1.82, 2.24) is 4.31 Å². The van der Waals surface area contributed by atoms with E-state index in [1.165, 1.54) is 11.4 Å². The van der Waals surface area contributed by atoms with E-state index in [0.29, 0.717) is 19.5 Å². The van der Waals surface area contributed by atoms with E-state index in [0.717, 1.165) is 6.42 Å². The number of nitrogens with zero attached hydrogens (tertiary/aromatic N) is 1. The maximum atomic E-state index is 12.1. The van der Waals surface area contributed by atoms with Gasteiger partial charge in [0.15, 0.2) is 0 Å². The van der Waals surface area contributed by atoms with Crippen molar-refractivity contribution in [2.45, 2.75) is 25.0 Å². The first kappa shape index (κ1) is 14.8. The third-order valence-corrected chi connectivity index (χ3v) is 5.00. The molecule has 0 bridgehead atoms. The van der Waals surface area contributed by atoms with Gasteiger partial charge in [-0.25, -0.2) is 8.42 Å². The van der Waals surface area contributed by atoms with Crippen molar-refractivity contribution in [3.8, 4) is 0 Å². The van der Waals surface area contributed by atoms with Crippen LogP contribution in [0.3, 0.4) is 0 Å². The molecule has 6 nitrogen and oxygen atoms in total. The number of hydrogen-bond donors (Lipinski definition) is 1. The summed E-state index contributed by atoms with van der Waals surface area (Å²) in [5.41, 5.74) is 5.64. The molecule has 1 aliphatic rings. The minimum Gasteiger partial charge on any atom is -0.384 e. The van der Waals surface area contributed by atoms with Crippen LogP contribution in [0.1, 0.15) is 12.8 Å². The third kappa shape index (κ3) is 3.89. The van der Waals surface area contributed by atoms with Crippen LogP contribution in [0, 0.1) is 0 Å². The number of sulfonamides is 1. The largest absolute Gasteiger partial charge is 0.384 e. The standard InChI is InChI=1S/C10H22N2O4S/c1-15-5-6-17(13,14)12-4-3-10(16-2)7-9(12)8-11/h9-10H,3-8,11H2,1-2H3. The molecule has 1 aliphatic heterocycles. The second-order valence-electron chi connectivity index (χ2n) is 4.19. The van der Waals surface area contributed by atoms with Gasteiger partial charge in [-0.2, -0.15) is 4.31 Å². The molecule has 1 saturated heterocycles. The first-order valence-corrected chi connectivity index (χ1v) is 7.37. The van der Waals surface area contributed by atoms with E-state index in [9.17, 15) is 8.42 Å². The molecule has 0 spiro atoms. The molecule has 102 valence electrons. The summed E-state index contributed by atoms with van der Waals surface area (Å²) >= 11 is 0. The van der Waals surface area contributed by atoms with Crippen LogP contribution in [0.15, 0.2) is 0 Å². The second kappa shape index (κ2) is 6.65. The first-order valence-electron chi connectivity index (χ1n) is 5.76. The lowest BCUT2D eigenvalue weighted by atomic mass is 10.0. The summed E-state index contributed by atoms with van der Waals surface area (Å²) in [6.07, 6.45) is 1.50. The van der Waals surface area contributed by atoms with Crippen molar-refractivity contribution in [1.29, 1.82) is 0 Å². The predicted octanol–water partition coefficient (Wildman–Crippen LogP) is -0.599. The second-order valence-corrected chi connectivity index (χ2v) is 6.23. The van der Waals surface area contributed by atoms with Gasteiger partial charge in [0, 0.05) is 33.4 Å². The van der Waals surface area contributed by atoms with E-state index >= 15 is 0 Å². The summed E-state index contributed by atoms with van der Waals surface area (Å²) in [5.74, 6) is 0.0116. The third-order valence-electron chi connectivity index (χ3n) is 3.12. The maximum Gasteiger partial charge on any atom is 0.216 e. The van der Waals surface area contributed by atoms with Gasteiger partial charge in [-0.3, -0.25) is 0 Å². The molecule has 0 amide bonds. The van der Waals surface area contributed by atoms with Crippen LogP contribution >= 0.6 is 0 Å². The van der Waals surface area contributed by atoms with Gasteiger partial charge in [0.25, 0.3) is 0 Å². The van der Waals surface area contributed by atoms with Gasteiger partial charge < -0.3 is 15.2 Å². The Kier molecular flexibility index (Phi) is 5.81. The Hall–Kier alpha value is -0.210. The van der Waals surface area contributed by atoms with Crippen LogP contribution in [0.5, 0.6) is 0 Å². The molecule has 0 radical (unpaired) electrons. The van der Waals surface area contributed by atoms with Crippen LogP contribution in [0.4, 0.5) is 0 Å². The zero-order chi connectivity index (χ0) is 12.9. The highest BCUT2D eigenvalue weighted by Gasteiger charge is 2.34. The highest BCUT2D eigenvalue weighted by molar-refractivity contribution is 7.89. The maximum absolute atomic E-state index is 12.1. The lowest BCUT2D eigenvalue weighted by molar-refractivity contribution is 0.0400. The molecule has 0 aliphatic carbocycles. The average molecular weight is 266 g/mol. The van der Waals surface area contributed by atoms with Crippen molar-refractivity contribution < 1.29 is 17.9 Å². The summed E-state index contributed by atoms with van der Waals surface area (Å²) in [6, 6.07) is -0.157. The van der Waals surface area contributed by atoms with Gasteiger partial charge in [0.05, 0.1) is 18.5 Å². The highest BCUT2D eigenvalue weighted by atomic mass is 32.2. The quantitative estimate of drug-likeness (QED) is 0.694. The Balaban J connectivity index is 2.69. The molecule has 17 heavy (non-hydrogen) atoms. The molecule has 2 atom stereocenters. The highest BCUT2D eigenvalue weighted by Crippen LogP contribution is 2.22. The zero-order valence-corrected chi connectivity index (χ0v) is 11.3. The van der Waals surface area contributed by atoms with Crippen molar-refractivity contribution in [3.05, 3.63) is 0 Å².